The van der Waals surface area contributed by atoms with E-state index in [1.54, 1.807) is 0 Å². The van der Waals surface area contributed by atoms with E-state index in [0.717, 1.165) is 5.92 Å². The number of benzene rings is 1. The first-order valence-electron chi connectivity index (χ1n) is 6.22. The fourth-order valence-electron chi connectivity index (χ4n) is 3.17. The average Bonchev–Trinajstić information content (AvgIpc) is 2.85. The third kappa shape index (κ3) is 2.16. The maximum atomic E-state index is 6.13. The fourth-order valence-corrected chi connectivity index (χ4v) is 3.47. The first kappa shape index (κ1) is 14.5. The summed E-state index contributed by atoms with van der Waals surface area (Å²) in [6.45, 7) is 6.95. The standard InChI is InChI=1S/C14H17Cl2N.ClH/c1-9(2)17-7-11-6-14(11,8-17)10-3-4-12(15)13(16)5-10;/h3-5,9,11H,6-8H2,1-2H3;1H/t11-,14+;/m1./s1. The van der Waals surface area contributed by atoms with Crippen LogP contribution >= 0.6 is 35.6 Å². The molecule has 1 aromatic carbocycles. The Morgan fingerprint density at radius 3 is 2.56 bits per heavy atom. The first-order chi connectivity index (χ1) is 8.03. The van der Waals surface area contributed by atoms with E-state index in [9.17, 15) is 0 Å². The third-order valence-electron chi connectivity index (χ3n) is 4.40. The zero-order valence-electron chi connectivity index (χ0n) is 10.6. The van der Waals surface area contributed by atoms with Crippen LogP contribution in [-0.2, 0) is 5.41 Å². The largest absolute Gasteiger partial charge is 0.300 e. The van der Waals surface area contributed by atoms with Crippen LogP contribution in [0.25, 0.3) is 0 Å². The van der Waals surface area contributed by atoms with Crippen LogP contribution in [0, 0.1) is 5.92 Å². The van der Waals surface area contributed by atoms with Gasteiger partial charge in [-0.05, 0) is 43.9 Å². The van der Waals surface area contributed by atoms with E-state index in [-0.39, 0.29) is 12.4 Å². The molecule has 0 aromatic heterocycles. The summed E-state index contributed by atoms with van der Waals surface area (Å²) >= 11 is 12.1. The van der Waals surface area contributed by atoms with E-state index in [0.29, 0.717) is 21.5 Å². The van der Waals surface area contributed by atoms with Gasteiger partial charge in [0, 0.05) is 24.5 Å². The van der Waals surface area contributed by atoms with E-state index in [1.165, 1.54) is 25.1 Å². The van der Waals surface area contributed by atoms with Crippen molar-refractivity contribution in [3.8, 4) is 0 Å². The van der Waals surface area contributed by atoms with Crippen molar-refractivity contribution >= 4 is 35.6 Å². The molecule has 1 saturated carbocycles. The van der Waals surface area contributed by atoms with Gasteiger partial charge in [0.15, 0.2) is 0 Å². The maximum Gasteiger partial charge on any atom is 0.0595 e. The molecule has 0 radical (unpaired) electrons. The van der Waals surface area contributed by atoms with Crippen LogP contribution in [-0.4, -0.2) is 24.0 Å². The maximum absolute atomic E-state index is 6.13. The van der Waals surface area contributed by atoms with Crippen molar-refractivity contribution in [3.05, 3.63) is 33.8 Å². The topological polar surface area (TPSA) is 3.24 Å². The second-order valence-corrected chi connectivity index (χ2v) is 6.52. The lowest BCUT2D eigenvalue weighted by molar-refractivity contribution is 0.243. The Morgan fingerprint density at radius 2 is 2.00 bits per heavy atom. The highest BCUT2D eigenvalue weighted by atomic mass is 35.5. The Hall–Kier alpha value is 0.0500. The van der Waals surface area contributed by atoms with Crippen molar-refractivity contribution in [3.63, 3.8) is 0 Å². The van der Waals surface area contributed by atoms with E-state index in [2.05, 4.69) is 30.9 Å². The summed E-state index contributed by atoms with van der Waals surface area (Å²) in [6, 6.07) is 6.79. The normalized spacial score (nSPS) is 30.2. The number of fused-ring (bicyclic) bond motifs is 1. The predicted octanol–water partition coefficient (Wildman–Crippen LogP) is 4.40. The fraction of sp³-hybridized carbons (Fsp3) is 0.571. The second kappa shape index (κ2) is 4.86. The summed E-state index contributed by atoms with van der Waals surface area (Å²) in [6.07, 6.45) is 1.31. The molecule has 2 fully saturated rings. The molecule has 1 aliphatic heterocycles. The SMILES string of the molecule is CC(C)N1C[C@H]2C[C@@]2(c2ccc(Cl)c(Cl)c2)C1.Cl. The van der Waals surface area contributed by atoms with Crippen molar-refractivity contribution in [1.82, 2.24) is 4.90 Å². The molecule has 18 heavy (non-hydrogen) atoms. The molecule has 1 nitrogen and oxygen atoms in total. The molecule has 1 heterocycles. The number of piperidine rings is 1. The zero-order chi connectivity index (χ0) is 12.2. The van der Waals surface area contributed by atoms with Gasteiger partial charge in [0.1, 0.15) is 0 Å². The molecule has 0 bridgehead atoms. The smallest absolute Gasteiger partial charge is 0.0595 e. The van der Waals surface area contributed by atoms with Crippen LogP contribution < -0.4 is 0 Å². The van der Waals surface area contributed by atoms with Gasteiger partial charge in [-0.25, -0.2) is 0 Å². The molecule has 1 aromatic rings. The van der Waals surface area contributed by atoms with Gasteiger partial charge >= 0.3 is 0 Å². The number of halogens is 3. The van der Waals surface area contributed by atoms with E-state index < -0.39 is 0 Å². The minimum absolute atomic E-state index is 0. The molecular weight excluding hydrogens is 289 g/mol. The Labute approximate surface area is 125 Å². The van der Waals surface area contributed by atoms with Crippen molar-refractivity contribution in [2.75, 3.05) is 13.1 Å². The van der Waals surface area contributed by atoms with Crippen molar-refractivity contribution in [1.29, 1.82) is 0 Å². The number of nitrogens with zero attached hydrogens (tertiary/aromatic N) is 1. The molecule has 0 unspecified atom stereocenters. The number of rotatable bonds is 2. The lowest BCUT2D eigenvalue weighted by Crippen LogP contribution is -2.32. The van der Waals surface area contributed by atoms with Gasteiger partial charge in [0.2, 0.25) is 0 Å². The molecular formula is C14H18Cl3N. The summed E-state index contributed by atoms with van der Waals surface area (Å²) in [5.41, 5.74) is 1.75. The molecule has 1 saturated heterocycles. The van der Waals surface area contributed by atoms with Gasteiger partial charge in [-0.3, -0.25) is 4.90 Å². The zero-order valence-corrected chi connectivity index (χ0v) is 12.9. The van der Waals surface area contributed by atoms with Crippen LogP contribution in [0.15, 0.2) is 18.2 Å². The number of hydrogen-bond acceptors (Lipinski definition) is 1. The molecule has 0 N–H and O–H groups in total. The summed E-state index contributed by atoms with van der Waals surface area (Å²) in [5, 5.41) is 1.34. The van der Waals surface area contributed by atoms with E-state index in [1.807, 2.05) is 6.07 Å². The van der Waals surface area contributed by atoms with Gasteiger partial charge in [0.25, 0.3) is 0 Å². The van der Waals surface area contributed by atoms with Crippen molar-refractivity contribution < 1.29 is 0 Å². The monoisotopic (exact) mass is 305 g/mol. The number of hydrogen-bond donors (Lipinski definition) is 0. The lowest BCUT2D eigenvalue weighted by atomic mass is 9.95. The molecule has 3 rings (SSSR count). The van der Waals surface area contributed by atoms with Crippen molar-refractivity contribution in [2.24, 2.45) is 5.92 Å². The lowest BCUT2D eigenvalue weighted by Gasteiger charge is -2.24. The van der Waals surface area contributed by atoms with Gasteiger partial charge in [-0.2, -0.15) is 0 Å². The van der Waals surface area contributed by atoms with Gasteiger partial charge in [-0.1, -0.05) is 29.3 Å². The average molecular weight is 307 g/mol. The Balaban J connectivity index is 0.00000120. The van der Waals surface area contributed by atoms with E-state index in [4.69, 9.17) is 23.2 Å². The Bertz CT molecular complexity index is 460. The summed E-state index contributed by atoms with van der Waals surface area (Å²) in [7, 11) is 0. The molecule has 1 aliphatic carbocycles. The minimum Gasteiger partial charge on any atom is -0.300 e. The third-order valence-corrected chi connectivity index (χ3v) is 5.14. The first-order valence-corrected chi connectivity index (χ1v) is 6.98. The number of likely N-dealkylation sites (tertiary alicyclic amines) is 1. The summed E-state index contributed by atoms with van der Waals surface area (Å²) in [5.74, 6) is 0.821. The Kier molecular flexibility index (Phi) is 3.91. The minimum atomic E-state index is 0. The highest BCUT2D eigenvalue weighted by Crippen LogP contribution is 2.59. The van der Waals surface area contributed by atoms with Crippen LogP contribution in [0.2, 0.25) is 10.0 Å². The van der Waals surface area contributed by atoms with Gasteiger partial charge in [0.05, 0.1) is 10.0 Å². The highest BCUT2D eigenvalue weighted by Gasteiger charge is 2.60. The molecule has 100 valence electrons. The van der Waals surface area contributed by atoms with Crippen molar-refractivity contribution in [2.45, 2.75) is 31.7 Å². The quantitative estimate of drug-likeness (QED) is 0.783. The molecule has 2 atom stereocenters. The van der Waals surface area contributed by atoms with Crippen LogP contribution in [0.5, 0.6) is 0 Å². The van der Waals surface area contributed by atoms with Crippen LogP contribution in [0.1, 0.15) is 25.8 Å². The van der Waals surface area contributed by atoms with Crippen LogP contribution in [0.4, 0.5) is 0 Å². The molecule has 4 heteroatoms. The molecule has 0 amide bonds. The highest BCUT2D eigenvalue weighted by molar-refractivity contribution is 6.42. The van der Waals surface area contributed by atoms with Gasteiger partial charge in [-0.15, -0.1) is 12.4 Å². The summed E-state index contributed by atoms with van der Waals surface area (Å²) < 4.78 is 0. The van der Waals surface area contributed by atoms with E-state index >= 15 is 0 Å². The summed E-state index contributed by atoms with van der Waals surface area (Å²) in [4.78, 5) is 2.57. The van der Waals surface area contributed by atoms with Gasteiger partial charge < -0.3 is 0 Å². The van der Waals surface area contributed by atoms with Crippen LogP contribution in [0.3, 0.4) is 0 Å². The molecule has 0 spiro atoms. The predicted molar refractivity (Wildman–Crippen MR) is 80.2 cm³/mol. The Morgan fingerprint density at radius 1 is 1.28 bits per heavy atom. The second-order valence-electron chi connectivity index (χ2n) is 5.71. The molecule has 2 aliphatic rings.